The predicted octanol–water partition coefficient (Wildman–Crippen LogP) is 19.0. The molecule has 13 aromatic rings. The summed E-state index contributed by atoms with van der Waals surface area (Å²) >= 11 is 1.87. The van der Waals surface area contributed by atoms with Crippen LogP contribution in [-0.2, 0) is 0 Å². The molecule has 0 radical (unpaired) electrons. The standard InChI is InChI=1S/C66H44N2S/c1-3-13-45(14-4-1)47-25-38-57(39-26-47)68-63-23-9-7-19-59(63)62-44-53(33-42-64(62)68)49-29-36-55(37-30-49)67(54-34-27-48(28-35-54)52-18-11-17-51(43-52)46-15-5-2-6-16-46)56-40-31-50(32-41-56)58-21-12-22-61-60-20-8-10-24-65(60)69-66(58)61/h1-44H. The van der Waals surface area contributed by atoms with E-state index in [1.165, 1.54) is 97.6 Å². The smallest absolute Gasteiger partial charge is 0.0541 e. The van der Waals surface area contributed by atoms with E-state index in [-0.39, 0.29) is 0 Å². The van der Waals surface area contributed by atoms with Crippen LogP contribution >= 0.6 is 11.3 Å². The number of thiophene rings is 1. The van der Waals surface area contributed by atoms with Crippen LogP contribution in [-0.4, -0.2) is 4.57 Å². The van der Waals surface area contributed by atoms with Gasteiger partial charge in [0.15, 0.2) is 0 Å². The second-order valence-electron chi connectivity index (χ2n) is 17.7. The third-order valence-corrected chi connectivity index (χ3v) is 14.9. The first-order valence-electron chi connectivity index (χ1n) is 23.6. The molecule has 0 aliphatic rings. The lowest BCUT2D eigenvalue weighted by Crippen LogP contribution is -2.09. The second-order valence-corrected chi connectivity index (χ2v) is 18.8. The van der Waals surface area contributed by atoms with Crippen molar-refractivity contribution in [2.45, 2.75) is 0 Å². The van der Waals surface area contributed by atoms with Gasteiger partial charge in [0.1, 0.15) is 0 Å². The molecule has 69 heavy (non-hydrogen) atoms. The van der Waals surface area contributed by atoms with Crippen LogP contribution in [0.3, 0.4) is 0 Å². The molecule has 0 bridgehead atoms. The highest BCUT2D eigenvalue weighted by Crippen LogP contribution is 2.43. The molecule has 0 amide bonds. The third kappa shape index (κ3) is 7.37. The predicted molar refractivity (Wildman–Crippen MR) is 296 cm³/mol. The van der Waals surface area contributed by atoms with Crippen molar-refractivity contribution in [1.82, 2.24) is 4.57 Å². The second kappa shape index (κ2) is 17.2. The molecular weight excluding hydrogens is 853 g/mol. The third-order valence-electron chi connectivity index (χ3n) is 13.6. The largest absolute Gasteiger partial charge is 0.311 e. The van der Waals surface area contributed by atoms with Crippen LogP contribution in [0.1, 0.15) is 0 Å². The van der Waals surface area contributed by atoms with E-state index in [0.717, 1.165) is 22.7 Å². The average Bonchev–Trinajstić information content (AvgIpc) is 3.98. The van der Waals surface area contributed by atoms with Crippen LogP contribution in [0.2, 0.25) is 0 Å². The van der Waals surface area contributed by atoms with Crippen molar-refractivity contribution in [2.24, 2.45) is 0 Å². The number of fused-ring (bicyclic) bond motifs is 6. The Hall–Kier alpha value is -8.76. The fourth-order valence-electron chi connectivity index (χ4n) is 10.2. The number of hydrogen-bond donors (Lipinski definition) is 0. The topological polar surface area (TPSA) is 8.17 Å². The molecule has 13 rings (SSSR count). The van der Waals surface area contributed by atoms with Crippen molar-refractivity contribution >= 4 is 70.4 Å². The Balaban J connectivity index is 0.864. The van der Waals surface area contributed by atoms with Gasteiger partial charge in [-0.1, -0.05) is 188 Å². The maximum atomic E-state index is 2.39. The van der Waals surface area contributed by atoms with Crippen molar-refractivity contribution < 1.29 is 0 Å². The minimum atomic E-state index is 1.09. The van der Waals surface area contributed by atoms with Gasteiger partial charge in [-0.3, -0.25) is 0 Å². The van der Waals surface area contributed by atoms with Crippen molar-refractivity contribution in [3.05, 3.63) is 267 Å². The zero-order valence-electron chi connectivity index (χ0n) is 37.7. The highest BCUT2D eigenvalue weighted by Gasteiger charge is 2.17. The number of para-hydroxylation sites is 1. The zero-order chi connectivity index (χ0) is 45.7. The van der Waals surface area contributed by atoms with E-state index in [9.17, 15) is 0 Å². The Morgan fingerprint density at radius 2 is 0.710 bits per heavy atom. The maximum Gasteiger partial charge on any atom is 0.0541 e. The average molecular weight is 897 g/mol. The Morgan fingerprint density at radius 1 is 0.275 bits per heavy atom. The molecule has 0 fully saturated rings. The fourth-order valence-corrected chi connectivity index (χ4v) is 11.4. The van der Waals surface area contributed by atoms with E-state index in [1.807, 2.05) is 11.3 Å². The summed E-state index contributed by atoms with van der Waals surface area (Å²) in [7, 11) is 0. The van der Waals surface area contributed by atoms with Gasteiger partial charge in [-0.25, -0.2) is 0 Å². The Bertz CT molecular complexity index is 3960. The highest BCUT2D eigenvalue weighted by atomic mass is 32.1. The van der Waals surface area contributed by atoms with Gasteiger partial charge in [0.25, 0.3) is 0 Å². The van der Waals surface area contributed by atoms with Gasteiger partial charge in [0.05, 0.1) is 11.0 Å². The number of nitrogens with zero attached hydrogens (tertiary/aromatic N) is 2. The van der Waals surface area contributed by atoms with Gasteiger partial charge >= 0.3 is 0 Å². The molecule has 0 N–H and O–H groups in total. The van der Waals surface area contributed by atoms with Crippen LogP contribution in [0.5, 0.6) is 0 Å². The summed E-state index contributed by atoms with van der Waals surface area (Å²) in [5.74, 6) is 0. The zero-order valence-corrected chi connectivity index (χ0v) is 38.5. The first kappa shape index (κ1) is 40.5. The van der Waals surface area contributed by atoms with E-state index >= 15 is 0 Å². The minimum Gasteiger partial charge on any atom is -0.311 e. The summed E-state index contributed by atoms with van der Waals surface area (Å²) in [6.45, 7) is 0. The van der Waals surface area contributed by atoms with Crippen molar-refractivity contribution in [1.29, 1.82) is 0 Å². The molecule has 2 heterocycles. The van der Waals surface area contributed by atoms with E-state index in [2.05, 4.69) is 276 Å². The van der Waals surface area contributed by atoms with Gasteiger partial charge in [-0.15, -0.1) is 11.3 Å². The highest BCUT2D eigenvalue weighted by molar-refractivity contribution is 7.26. The maximum absolute atomic E-state index is 2.39. The summed E-state index contributed by atoms with van der Waals surface area (Å²) in [5, 5.41) is 5.11. The van der Waals surface area contributed by atoms with Crippen molar-refractivity contribution in [2.75, 3.05) is 4.90 Å². The first-order chi connectivity index (χ1) is 34.2. The lowest BCUT2D eigenvalue weighted by molar-refractivity contribution is 1.18. The molecule has 0 aliphatic carbocycles. The van der Waals surface area contributed by atoms with Crippen LogP contribution in [0.15, 0.2) is 267 Å². The monoisotopic (exact) mass is 896 g/mol. The number of aromatic nitrogens is 1. The summed E-state index contributed by atoms with van der Waals surface area (Å²) in [6.07, 6.45) is 0. The molecule has 0 spiro atoms. The van der Waals surface area contributed by atoms with E-state index < -0.39 is 0 Å². The van der Waals surface area contributed by atoms with Gasteiger partial charge in [0, 0.05) is 53.7 Å². The van der Waals surface area contributed by atoms with Crippen LogP contribution < -0.4 is 4.90 Å². The molecule has 0 atom stereocenters. The molecule has 11 aromatic carbocycles. The molecule has 324 valence electrons. The fraction of sp³-hybridized carbons (Fsp3) is 0. The number of rotatable bonds is 9. The normalized spacial score (nSPS) is 11.5. The van der Waals surface area contributed by atoms with E-state index in [1.54, 1.807) is 0 Å². The van der Waals surface area contributed by atoms with Gasteiger partial charge < -0.3 is 9.47 Å². The Morgan fingerprint density at radius 3 is 1.36 bits per heavy atom. The number of hydrogen-bond acceptors (Lipinski definition) is 2. The number of anilines is 3. The molecule has 2 aromatic heterocycles. The van der Waals surface area contributed by atoms with E-state index in [0.29, 0.717) is 0 Å². The summed E-state index contributed by atoms with van der Waals surface area (Å²) in [4.78, 5) is 2.37. The lowest BCUT2D eigenvalue weighted by atomic mass is 9.98. The number of benzene rings is 11. The van der Waals surface area contributed by atoms with E-state index in [4.69, 9.17) is 0 Å². The quantitative estimate of drug-likeness (QED) is 0.140. The summed E-state index contributed by atoms with van der Waals surface area (Å²) < 4.78 is 5.04. The summed E-state index contributed by atoms with van der Waals surface area (Å²) in [6, 6.07) is 97.2. The van der Waals surface area contributed by atoms with Crippen molar-refractivity contribution in [3.63, 3.8) is 0 Å². The Kier molecular flexibility index (Phi) is 10.1. The van der Waals surface area contributed by atoms with Gasteiger partial charge in [0.2, 0.25) is 0 Å². The van der Waals surface area contributed by atoms with Gasteiger partial charge in [-0.2, -0.15) is 0 Å². The van der Waals surface area contributed by atoms with Crippen molar-refractivity contribution in [3.8, 4) is 61.3 Å². The van der Waals surface area contributed by atoms with Crippen LogP contribution in [0.25, 0.3) is 103 Å². The SMILES string of the molecule is c1ccc(-c2ccc(-n3c4ccccc4c4cc(-c5ccc(N(c6ccc(-c7cccc(-c8ccccc8)c7)cc6)c6ccc(-c7cccc8c7sc7ccccc78)cc6)cc5)ccc43)cc2)cc1. The molecule has 2 nitrogen and oxygen atoms in total. The molecular formula is C66H44N2S. The molecule has 3 heteroatoms. The van der Waals surface area contributed by atoms with Gasteiger partial charge in [-0.05, 0) is 134 Å². The molecule has 0 unspecified atom stereocenters. The van der Waals surface area contributed by atoms with Crippen LogP contribution in [0.4, 0.5) is 17.1 Å². The summed E-state index contributed by atoms with van der Waals surface area (Å²) in [5.41, 5.74) is 18.9. The molecule has 0 saturated carbocycles. The molecule has 0 aliphatic heterocycles. The minimum absolute atomic E-state index is 1.09. The molecule has 0 saturated heterocycles. The van der Waals surface area contributed by atoms with Crippen LogP contribution in [0, 0.1) is 0 Å². The Labute approximate surface area is 405 Å². The first-order valence-corrected chi connectivity index (χ1v) is 24.4. The lowest BCUT2D eigenvalue weighted by Gasteiger charge is -2.26.